The summed E-state index contributed by atoms with van der Waals surface area (Å²) in [6.45, 7) is 11.6. The lowest BCUT2D eigenvalue weighted by molar-refractivity contribution is 0.0685. The molecule has 0 spiro atoms. The summed E-state index contributed by atoms with van der Waals surface area (Å²) in [5.41, 5.74) is 1.94. The Morgan fingerprint density at radius 1 is 1.00 bits per heavy atom. The molecule has 0 bridgehead atoms. The second-order valence-electron chi connectivity index (χ2n) is 8.08. The number of hydrogen-bond donors (Lipinski definition) is 0. The van der Waals surface area contributed by atoms with Gasteiger partial charge in [0.2, 0.25) is 0 Å². The SMILES string of the molecule is Cc1cc(C)n(-c2ccc(=O)n(CC3CN(CCN4CCCCC4)C3)n2)n1. The number of rotatable bonds is 6. The van der Waals surface area contributed by atoms with Crippen molar-refractivity contribution in [3.05, 3.63) is 39.9 Å². The predicted octanol–water partition coefficient (Wildman–Crippen LogP) is 1.46. The van der Waals surface area contributed by atoms with E-state index in [-0.39, 0.29) is 5.56 Å². The molecule has 0 aliphatic carbocycles. The van der Waals surface area contributed by atoms with Gasteiger partial charge in [0.1, 0.15) is 0 Å². The first-order valence-corrected chi connectivity index (χ1v) is 10.1. The highest BCUT2D eigenvalue weighted by Crippen LogP contribution is 2.17. The maximum absolute atomic E-state index is 12.2. The maximum Gasteiger partial charge on any atom is 0.266 e. The van der Waals surface area contributed by atoms with Crippen LogP contribution in [0.1, 0.15) is 30.7 Å². The zero-order valence-corrected chi connectivity index (χ0v) is 16.5. The topological polar surface area (TPSA) is 59.2 Å². The summed E-state index contributed by atoms with van der Waals surface area (Å²) in [5.74, 6) is 1.22. The summed E-state index contributed by atoms with van der Waals surface area (Å²) in [6, 6.07) is 5.37. The summed E-state index contributed by atoms with van der Waals surface area (Å²) in [6.07, 6.45) is 4.09. The van der Waals surface area contributed by atoms with Crippen LogP contribution in [-0.2, 0) is 6.54 Å². The van der Waals surface area contributed by atoms with Crippen molar-refractivity contribution in [2.45, 2.75) is 39.7 Å². The number of nitrogens with zero attached hydrogens (tertiary/aromatic N) is 6. The Morgan fingerprint density at radius 3 is 2.44 bits per heavy atom. The van der Waals surface area contributed by atoms with Crippen molar-refractivity contribution in [2.24, 2.45) is 5.92 Å². The van der Waals surface area contributed by atoms with E-state index in [2.05, 4.69) is 20.0 Å². The monoisotopic (exact) mass is 370 g/mol. The van der Waals surface area contributed by atoms with Gasteiger partial charge in [-0.15, -0.1) is 5.10 Å². The van der Waals surface area contributed by atoms with Gasteiger partial charge in [0.25, 0.3) is 5.56 Å². The highest BCUT2D eigenvalue weighted by Gasteiger charge is 2.27. The molecule has 0 aromatic carbocycles. The molecular formula is C20H30N6O. The van der Waals surface area contributed by atoms with Crippen molar-refractivity contribution in [3.63, 3.8) is 0 Å². The third kappa shape index (κ3) is 4.30. The predicted molar refractivity (Wildman–Crippen MR) is 105 cm³/mol. The summed E-state index contributed by atoms with van der Waals surface area (Å²) in [4.78, 5) is 17.3. The first kappa shape index (κ1) is 18.4. The highest BCUT2D eigenvalue weighted by molar-refractivity contribution is 5.23. The van der Waals surface area contributed by atoms with Crippen molar-refractivity contribution in [2.75, 3.05) is 39.3 Å². The van der Waals surface area contributed by atoms with Crippen LogP contribution in [0.3, 0.4) is 0 Å². The lowest BCUT2D eigenvalue weighted by Gasteiger charge is -2.40. The summed E-state index contributed by atoms with van der Waals surface area (Å²) < 4.78 is 3.41. The molecule has 2 aliphatic rings. The van der Waals surface area contributed by atoms with E-state index in [1.807, 2.05) is 19.9 Å². The fourth-order valence-electron chi connectivity index (χ4n) is 4.23. The molecule has 27 heavy (non-hydrogen) atoms. The van der Waals surface area contributed by atoms with E-state index in [9.17, 15) is 4.79 Å². The molecule has 4 rings (SSSR count). The smallest absolute Gasteiger partial charge is 0.266 e. The molecule has 0 saturated carbocycles. The summed E-state index contributed by atoms with van der Waals surface area (Å²) >= 11 is 0. The number of aryl methyl sites for hydroxylation is 2. The summed E-state index contributed by atoms with van der Waals surface area (Å²) in [7, 11) is 0. The zero-order valence-electron chi connectivity index (χ0n) is 16.5. The Bertz CT molecular complexity index is 829. The van der Waals surface area contributed by atoms with E-state index < -0.39 is 0 Å². The molecule has 4 heterocycles. The first-order valence-electron chi connectivity index (χ1n) is 10.1. The molecule has 0 unspecified atom stereocenters. The van der Waals surface area contributed by atoms with Crippen molar-refractivity contribution in [1.29, 1.82) is 0 Å². The second kappa shape index (κ2) is 7.94. The van der Waals surface area contributed by atoms with Crippen LogP contribution >= 0.6 is 0 Å². The quantitative estimate of drug-likeness (QED) is 0.771. The van der Waals surface area contributed by atoms with Gasteiger partial charge in [-0.1, -0.05) is 6.42 Å². The molecule has 0 N–H and O–H groups in total. The van der Waals surface area contributed by atoms with E-state index in [4.69, 9.17) is 0 Å². The number of aromatic nitrogens is 4. The van der Waals surface area contributed by atoms with Crippen molar-refractivity contribution >= 4 is 0 Å². The maximum atomic E-state index is 12.2. The average Bonchev–Trinajstić information content (AvgIpc) is 2.97. The van der Waals surface area contributed by atoms with Gasteiger partial charge >= 0.3 is 0 Å². The fourth-order valence-corrected chi connectivity index (χ4v) is 4.23. The number of likely N-dealkylation sites (tertiary alicyclic amines) is 2. The van der Waals surface area contributed by atoms with Crippen LogP contribution in [0.25, 0.3) is 5.82 Å². The van der Waals surface area contributed by atoms with Gasteiger partial charge in [-0.3, -0.25) is 4.79 Å². The van der Waals surface area contributed by atoms with E-state index >= 15 is 0 Å². The van der Waals surface area contributed by atoms with Crippen LogP contribution in [0.4, 0.5) is 0 Å². The largest absolute Gasteiger partial charge is 0.302 e. The van der Waals surface area contributed by atoms with Crippen LogP contribution in [-0.4, -0.2) is 68.6 Å². The van der Waals surface area contributed by atoms with E-state index in [1.165, 1.54) is 38.9 Å². The molecule has 2 saturated heterocycles. The third-order valence-corrected chi connectivity index (χ3v) is 5.72. The average molecular weight is 371 g/mol. The van der Waals surface area contributed by atoms with E-state index in [0.29, 0.717) is 18.3 Å². The molecule has 2 aromatic heterocycles. The van der Waals surface area contributed by atoms with Gasteiger partial charge < -0.3 is 9.80 Å². The number of piperidine rings is 1. The van der Waals surface area contributed by atoms with Crippen LogP contribution in [0.15, 0.2) is 23.0 Å². The van der Waals surface area contributed by atoms with Gasteiger partial charge in [-0.05, 0) is 51.9 Å². The van der Waals surface area contributed by atoms with Crippen molar-refractivity contribution in [1.82, 2.24) is 29.4 Å². The van der Waals surface area contributed by atoms with Crippen LogP contribution < -0.4 is 5.56 Å². The Morgan fingerprint density at radius 2 is 1.74 bits per heavy atom. The first-order chi connectivity index (χ1) is 13.1. The fraction of sp³-hybridized carbons (Fsp3) is 0.650. The molecule has 146 valence electrons. The van der Waals surface area contributed by atoms with Crippen LogP contribution in [0, 0.1) is 19.8 Å². The van der Waals surface area contributed by atoms with Gasteiger partial charge in [0.15, 0.2) is 5.82 Å². The Hall–Kier alpha value is -1.99. The Labute approximate surface area is 160 Å². The zero-order chi connectivity index (χ0) is 18.8. The molecule has 7 heteroatoms. The van der Waals surface area contributed by atoms with E-state index in [0.717, 1.165) is 31.0 Å². The minimum atomic E-state index is -0.0351. The summed E-state index contributed by atoms with van der Waals surface area (Å²) in [5, 5.41) is 9.03. The van der Waals surface area contributed by atoms with E-state index in [1.54, 1.807) is 21.5 Å². The van der Waals surface area contributed by atoms with Crippen molar-refractivity contribution in [3.8, 4) is 5.82 Å². The standard InChI is InChI=1S/C20H30N6O/c1-16-12-17(2)26(21-16)19-6-7-20(27)25(22-19)15-18-13-24(14-18)11-10-23-8-4-3-5-9-23/h6-7,12,18H,3-5,8-11,13-15H2,1-2H3. The normalized spacial score (nSPS) is 19.3. The van der Waals surface area contributed by atoms with Gasteiger partial charge in [0, 0.05) is 43.9 Å². The lowest BCUT2D eigenvalue weighted by Crippen LogP contribution is -2.52. The minimum Gasteiger partial charge on any atom is -0.302 e. The van der Waals surface area contributed by atoms with Gasteiger partial charge in [-0.25, -0.2) is 9.36 Å². The van der Waals surface area contributed by atoms with Crippen LogP contribution in [0.5, 0.6) is 0 Å². The Balaban J connectivity index is 1.32. The molecule has 2 fully saturated rings. The Kier molecular flexibility index (Phi) is 5.41. The minimum absolute atomic E-state index is 0.0351. The number of hydrogen-bond acceptors (Lipinski definition) is 5. The molecule has 0 amide bonds. The molecule has 0 atom stereocenters. The molecular weight excluding hydrogens is 340 g/mol. The molecule has 2 aromatic rings. The van der Waals surface area contributed by atoms with Gasteiger partial charge in [-0.2, -0.15) is 5.10 Å². The van der Waals surface area contributed by atoms with Gasteiger partial charge in [0.05, 0.1) is 12.2 Å². The molecule has 0 radical (unpaired) electrons. The highest BCUT2D eigenvalue weighted by atomic mass is 16.1. The lowest BCUT2D eigenvalue weighted by atomic mass is 10.0. The second-order valence-corrected chi connectivity index (χ2v) is 8.08. The third-order valence-electron chi connectivity index (χ3n) is 5.72. The molecule has 7 nitrogen and oxygen atoms in total. The van der Waals surface area contributed by atoms with Crippen molar-refractivity contribution < 1.29 is 0 Å². The van der Waals surface area contributed by atoms with Crippen LogP contribution in [0.2, 0.25) is 0 Å². The molecule has 2 aliphatic heterocycles.